The van der Waals surface area contributed by atoms with E-state index >= 15 is 0 Å². The van der Waals surface area contributed by atoms with Crippen molar-refractivity contribution in [2.45, 2.75) is 33.2 Å². The lowest BCUT2D eigenvalue weighted by atomic mass is 9.91. The minimum Gasteiger partial charge on any atom is -0.494 e. The third-order valence-electron chi connectivity index (χ3n) is 4.72. The number of rotatable bonds is 7. The summed E-state index contributed by atoms with van der Waals surface area (Å²) in [4.78, 5) is 2.17. The molecule has 0 aliphatic carbocycles. The summed E-state index contributed by atoms with van der Waals surface area (Å²) in [6.07, 6.45) is 6.00. The molecular formula is C26H35N3O. The Balaban J connectivity index is 0.000000216. The van der Waals surface area contributed by atoms with E-state index in [1.165, 1.54) is 16.8 Å². The maximum atomic E-state index is 5.62. The van der Waals surface area contributed by atoms with Crippen LogP contribution in [0.25, 0.3) is 5.57 Å². The van der Waals surface area contributed by atoms with Crippen LogP contribution in [0.4, 0.5) is 17.1 Å². The number of anilines is 3. The first-order valence-electron chi connectivity index (χ1n) is 10.4. The van der Waals surface area contributed by atoms with Crippen molar-refractivity contribution < 1.29 is 4.74 Å². The molecule has 4 nitrogen and oxygen atoms in total. The Labute approximate surface area is 181 Å². The highest BCUT2D eigenvalue weighted by Crippen LogP contribution is 2.35. The lowest BCUT2D eigenvalue weighted by molar-refractivity contribution is 0.340. The molecule has 2 aromatic carbocycles. The smallest absolute Gasteiger partial charge is 0.120 e. The summed E-state index contributed by atoms with van der Waals surface area (Å²) >= 11 is 0. The molecule has 0 unspecified atom stereocenters. The number of ether oxygens (including phenoxy) is 1. The molecule has 1 heterocycles. The minimum atomic E-state index is 0.0320. The number of hydrogen-bond acceptors (Lipinski definition) is 4. The molecule has 1 aliphatic rings. The predicted octanol–water partition coefficient (Wildman–Crippen LogP) is 6.14. The SMILES string of the molecule is C=CCN(CC=C)c1ccc(N)cc1.CCOc1ccc2c(c1)C(C)=CC(C)(C)N2. The van der Waals surface area contributed by atoms with Crippen LogP contribution in [-0.2, 0) is 0 Å². The lowest BCUT2D eigenvalue weighted by Gasteiger charge is -2.31. The Morgan fingerprint density at radius 3 is 2.27 bits per heavy atom. The Morgan fingerprint density at radius 2 is 1.70 bits per heavy atom. The van der Waals surface area contributed by atoms with Gasteiger partial charge in [-0.2, -0.15) is 0 Å². The second-order valence-electron chi connectivity index (χ2n) is 7.89. The van der Waals surface area contributed by atoms with E-state index in [0.717, 1.165) is 30.2 Å². The molecule has 3 rings (SSSR count). The van der Waals surface area contributed by atoms with Gasteiger partial charge in [-0.15, -0.1) is 13.2 Å². The highest BCUT2D eigenvalue weighted by molar-refractivity contribution is 5.80. The molecule has 4 heteroatoms. The Morgan fingerprint density at radius 1 is 1.07 bits per heavy atom. The molecule has 0 radical (unpaired) electrons. The number of nitrogen functional groups attached to an aromatic ring is 1. The maximum Gasteiger partial charge on any atom is 0.120 e. The van der Waals surface area contributed by atoms with Crippen LogP contribution < -0.4 is 20.7 Å². The average molecular weight is 406 g/mol. The van der Waals surface area contributed by atoms with Crippen molar-refractivity contribution in [3.63, 3.8) is 0 Å². The summed E-state index contributed by atoms with van der Waals surface area (Å²) in [5.74, 6) is 0.940. The van der Waals surface area contributed by atoms with Gasteiger partial charge >= 0.3 is 0 Å². The van der Waals surface area contributed by atoms with Crippen LogP contribution in [0.2, 0.25) is 0 Å². The highest BCUT2D eigenvalue weighted by atomic mass is 16.5. The summed E-state index contributed by atoms with van der Waals surface area (Å²) in [7, 11) is 0. The first-order chi connectivity index (χ1) is 14.3. The minimum absolute atomic E-state index is 0.0320. The Hall–Kier alpha value is -3.14. The molecule has 0 saturated carbocycles. The van der Waals surface area contributed by atoms with E-state index in [2.05, 4.69) is 62.4 Å². The molecule has 160 valence electrons. The second-order valence-corrected chi connectivity index (χ2v) is 7.89. The van der Waals surface area contributed by atoms with Crippen LogP contribution in [-0.4, -0.2) is 25.2 Å². The number of nitrogens with two attached hydrogens (primary N) is 1. The van der Waals surface area contributed by atoms with Gasteiger partial charge in [0.15, 0.2) is 0 Å². The molecule has 0 amide bonds. The number of nitrogens with one attached hydrogen (secondary N) is 1. The van der Waals surface area contributed by atoms with Gasteiger partial charge in [-0.1, -0.05) is 18.2 Å². The zero-order chi connectivity index (χ0) is 22.1. The van der Waals surface area contributed by atoms with Gasteiger partial charge in [0.25, 0.3) is 0 Å². The number of benzene rings is 2. The van der Waals surface area contributed by atoms with Crippen LogP contribution in [0.5, 0.6) is 5.75 Å². The van der Waals surface area contributed by atoms with Gasteiger partial charge in [-0.25, -0.2) is 0 Å². The van der Waals surface area contributed by atoms with E-state index < -0.39 is 0 Å². The predicted molar refractivity (Wildman–Crippen MR) is 132 cm³/mol. The summed E-state index contributed by atoms with van der Waals surface area (Å²) < 4.78 is 5.52. The van der Waals surface area contributed by atoms with Crippen molar-refractivity contribution in [3.8, 4) is 5.75 Å². The van der Waals surface area contributed by atoms with E-state index in [1.807, 2.05) is 49.4 Å². The molecule has 0 bridgehead atoms. The Bertz CT molecular complexity index is 872. The van der Waals surface area contributed by atoms with E-state index in [0.29, 0.717) is 6.61 Å². The standard InChI is InChI=1S/C14H19NO.C12H16N2/c1-5-16-11-6-7-13-12(8-11)10(2)9-14(3,4)15-13;1-3-9-14(10-4-2)12-7-5-11(13)6-8-12/h6-9,15H,5H2,1-4H3;3-8H,1-2,9-10,13H2. The topological polar surface area (TPSA) is 50.5 Å². The first-order valence-corrected chi connectivity index (χ1v) is 10.4. The van der Waals surface area contributed by atoms with Gasteiger partial charge in [0, 0.05) is 35.7 Å². The monoisotopic (exact) mass is 405 g/mol. The quantitative estimate of drug-likeness (QED) is 0.429. The molecule has 0 spiro atoms. The fourth-order valence-corrected chi connectivity index (χ4v) is 3.50. The summed E-state index contributed by atoms with van der Waals surface area (Å²) in [5, 5.41) is 3.50. The van der Waals surface area contributed by atoms with Crippen molar-refractivity contribution in [1.29, 1.82) is 0 Å². The van der Waals surface area contributed by atoms with Gasteiger partial charge in [0.1, 0.15) is 5.75 Å². The van der Waals surface area contributed by atoms with E-state index in [1.54, 1.807) is 0 Å². The molecular weight excluding hydrogens is 370 g/mol. The maximum absolute atomic E-state index is 5.62. The molecule has 30 heavy (non-hydrogen) atoms. The average Bonchev–Trinajstić information content (AvgIpc) is 2.69. The fraction of sp³-hybridized carbons (Fsp3) is 0.308. The molecule has 0 atom stereocenters. The van der Waals surface area contributed by atoms with Crippen molar-refractivity contribution >= 4 is 22.6 Å². The van der Waals surface area contributed by atoms with Crippen LogP contribution in [0.1, 0.15) is 33.3 Å². The largest absolute Gasteiger partial charge is 0.494 e. The third-order valence-corrected chi connectivity index (χ3v) is 4.72. The van der Waals surface area contributed by atoms with Crippen molar-refractivity contribution in [2.24, 2.45) is 0 Å². The molecule has 2 aromatic rings. The Kier molecular flexibility index (Phi) is 8.16. The molecule has 3 N–H and O–H groups in total. The number of hydrogen-bond donors (Lipinski definition) is 2. The summed E-state index contributed by atoms with van der Waals surface area (Å²) in [6.45, 7) is 18.3. The van der Waals surface area contributed by atoms with Crippen molar-refractivity contribution in [3.05, 3.63) is 79.4 Å². The van der Waals surface area contributed by atoms with Crippen molar-refractivity contribution in [2.75, 3.05) is 35.6 Å². The zero-order valence-corrected chi connectivity index (χ0v) is 18.7. The third kappa shape index (κ3) is 6.45. The van der Waals surface area contributed by atoms with Gasteiger partial charge < -0.3 is 20.7 Å². The molecule has 0 saturated heterocycles. The van der Waals surface area contributed by atoms with E-state index in [9.17, 15) is 0 Å². The van der Waals surface area contributed by atoms with Gasteiger partial charge in [0.05, 0.1) is 12.1 Å². The first kappa shape index (κ1) is 23.1. The summed E-state index contributed by atoms with van der Waals surface area (Å²) in [6, 6.07) is 14.0. The molecule has 1 aliphatic heterocycles. The summed E-state index contributed by atoms with van der Waals surface area (Å²) in [5.41, 5.74) is 11.3. The molecule has 0 fully saturated rings. The molecule has 0 aromatic heterocycles. The fourth-order valence-electron chi connectivity index (χ4n) is 3.50. The van der Waals surface area contributed by atoms with Crippen LogP contribution >= 0.6 is 0 Å². The van der Waals surface area contributed by atoms with E-state index in [4.69, 9.17) is 10.5 Å². The normalized spacial score (nSPS) is 13.5. The van der Waals surface area contributed by atoms with Gasteiger partial charge in [-0.05, 0) is 75.7 Å². The zero-order valence-electron chi connectivity index (χ0n) is 18.7. The lowest BCUT2D eigenvalue weighted by Crippen LogP contribution is -2.31. The number of nitrogens with zero attached hydrogens (tertiary/aromatic N) is 1. The van der Waals surface area contributed by atoms with Crippen LogP contribution in [0, 0.1) is 0 Å². The highest BCUT2D eigenvalue weighted by Gasteiger charge is 2.22. The number of fused-ring (bicyclic) bond motifs is 1. The van der Waals surface area contributed by atoms with Crippen molar-refractivity contribution in [1.82, 2.24) is 0 Å². The van der Waals surface area contributed by atoms with E-state index in [-0.39, 0.29) is 5.54 Å². The second kappa shape index (κ2) is 10.6. The van der Waals surface area contributed by atoms with Gasteiger partial charge in [-0.3, -0.25) is 0 Å². The van der Waals surface area contributed by atoms with Gasteiger partial charge in [0.2, 0.25) is 0 Å². The van der Waals surface area contributed by atoms with Crippen LogP contribution in [0.3, 0.4) is 0 Å². The number of allylic oxidation sites excluding steroid dienone is 1. The van der Waals surface area contributed by atoms with Crippen LogP contribution in [0.15, 0.2) is 73.9 Å².